The Morgan fingerprint density at radius 3 is 2.32 bits per heavy atom. The zero-order valence-corrected chi connectivity index (χ0v) is 17.2. The van der Waals surface area contributed by atoms with Crippen molar-refractivity contribution in [2.45, 2.75) is 70.6 Å². The molecule has 2 rings (SSSR count). The van der Waals surface area contributed by atoms with Gasteiger partial charge in [0.2, 0.25) is 17.7 Å². The monoisotopic (exact) mass is 394 g/mol. The average Bonchev–Trinajstić information content (AvgIpc) is 2.67. The third-order valence-electron chi connectivity index (χ3n) is 5.93. The van der Waals surface area contributed by atoms with Crippen molar-refractivity contribution < 1.29 is 14.4 Å². The zero-order valence-electron chi connectivity index (χ0n) is 17.2. The summed E-state index contributed by atoms with van der Waals surface area (Å²) >= 11 is 0. The first-order valence-electron chi connectivity index (χ1n) is 11.1. The van der Waals surface area contributed by atoms with Gasteiger partial charge in [-0.2, -0.15) is 0 Å². The van der Waals surface area contributed by atoms with E-state index in [-0.39, 0.29) is 24.7 Å². The molecule has 0 bridgehead atoms. The van der Waals surface area contributed by atoms with Crippen LogP contribution in [0.2, 0.25) is 0 Å². The molecule has 0 radical (unpaired) electrons. The molecule has 2 fully saturated rings. The smallest absolute Gasteiger partial charge is 0.221 e. The number of likely N-dealkylation sites (tertiary alicyclic amines) is 1. The third-order valence-corrected chi connectivity index (χ3v) is 5.93. The number of rotatable bonds is 11. The van der Waals surface area contributed by atoms with Crippen LogP contribution < -0.4 is 16.4 Å². The van der Waals surface area contributed by atoms with Crippen molar-refractivity contribution in [2.75, 3.05) is 32.7 Å². The van der Waals surface area contributed by atoms with Crippen LogP contribution in [0.5, 0.6) is 0 Å². The Balaban J connectivity index is 1.53. The lowest BCUT2D eigenvalue weighted by Crippen LogP contribution is -2.43. The molecule has 0 unspecified atom stereocenters. The van der Waals surface area contributed by atoms with E-state index in [2.05, 4.69) is 15.5 Å². The first-order valence-corrected chi connectivity index (χ1v) is 11.1. The van der Waals surface area contributed by atoms with Gasteiger partial charge in [0.15, 0.2) is 0 Å². The molecule has 2 aliphatic rings. The summed E-state index contributed by atoms with van der Waals surface area (Å²) in [6.45, 7) is 4.58. The second-order valence-electron chi connectivity index (χ2n) is 8.50. The fourth-order valence-corrected chi connectivity index (χ4v) is 4.39. The summed E-state index contributed by atoms with van der Waals surface area (Å²) in [5, 5.41) is 5.75. The molecule has 1 saturated carbocycles. The van der Waals surface area contributed by atoms with Gasteiger partial charge in [0.25, 0.3) is 0 Å². The molecule has 0 aromatic carbocycles. The average molecular weight is 395 g/mol. The quantitative estimate of drug-likeness (QED) is 0.494. The summed E-state index contributed by atoms with van der Waals surface area (Å²) in [5.74, 6) is 0.854. The molecule has 160 valence electrons. The minimum atomic E-state index is -0.396. The second-order valence-corrected chi connectivity index (χ2v) is 8.50. The Hall–Kier alpha value is -1.63. The summed E-state index contributed by atoms with van der Waals surface area (Å²) in [6, 6.07) is 0. The van der Waals surface area contributed by atoms with Crippen LogP contribution >= 0.6 is 0 Å². The van der Waals surface area contributed by atoms with Gasteiger partial charge in [0.05, 0.1) is 0 Å². The number of nitrogens with one attached hydrogen (secondary N) is 2. The highest BCUT2D eigenvalue weighted by atomic mass is 16.2. The van der Waals surface area contributed by atoms with Crippen LogP contribution in [0, 0.1) is 11.8 Å². The number of carbonyl (C=O) groups excluding carboxylic acids is 3. The van der Waals surface area contributed by atoms with Crippen molar-refractivity contribution in [3.05, 3.63) is 0 Å². The number of nitrogens with zero attached hydrogens (tertiary/aromatic N) is 1. The van der Waals surface area contributed by atoms with Crippen molar-refractivity contribution >= 4 is 17.7 Å². The predicted molar refractivity (Wildman–Crippen MR) is 109 cm³/mol. The highest BCUT2D eigenvalue weighted by Crippen LogP contribution is 2.26. The molecule has 0 aromatic rings. The van der Waals surface area contributed by atoms with Crippen LogP contribution in [0.1, 0.15) is 70.6 Å². The molecular formula is C21H38N4O3. The van der Waals surface area contributed by atoms with Gasteiger partial charge < -0.3 is 21.3 Å². The highest BCUT2D eigenvalue weighted by molar-refractivity contribution is 5.79. The molecule has 1 aliphatic heterocycles. The molecule has 0 aromatic heterocycles. The Morgan fingerprint density at radius 2 is 1.57 bits per heavy atom. The lowest BCUT2D eigenvalue weighted by Gasteiger charge is -2.36. The minimum absolute atomic E-state index is 0.0122. The fraction of sp³-hybridized carbons (Fsp3) is 0.857. The van der Waals surface area contributed by atoms with Crippen LogP contribution in [0.4, 0.5) is 0 Å². The molecule has 1 saturated heterocycles. The lowest BCUT2D eigenvalue weighted by atomic mass is 9.88. The second kappa shape index (κ2) is 12.8. The number of primary amides is 1. The van der Waals surface area contributed by atoms with Crippen LogP contribution in [0.15, 0.2) is 0 Å². The van der Waals surface area contributed by atoms with Gasteiger partial charge in [-0.1, -0.05) is 19.3 Å². The van der Waals surface area contributed by atoms with Crippen molar-refractivity contribution in [1.82, 2.24) is 15.5 Å². The maximum Gasteiger partial charge on any atom is 0.221 e. The predicted octanol–water partition coefficient (Wildman–Crippen LogP) is 1.56. The molecule has 3 amide bonds. The summed E-state index contributed by atoms with van der Waals surface area (Å²) in [5.41, 5.74) is 5.04. The molecule has 7 heteroatoms. The van der Waals surface area contributed by atoms with Crippen LogP contribution in [0.25, 0.3) is 0 Å². The van der Waals surface area contributed by atoms with Crippen molar-refractivity contribution in [3.8, 4) is 0 Å². The molecule has 1 atom stereocenters. The van der Waals surface area contributed by atoms with E-state index in [1.54, 1.807) is 0 Å². The van der Waals surface area contributed by atoms with E-state index < -0.39 is 5.91 Å². The number of piperidine rings is 1. The SMILES string of the molecule is NC(=O)CCCC(=O)NCCC(=O)NC[C@H]1CCCN(CC2CCCCC2)C1. The Kier molecular flexibility index (Phi) is 10.3. The van der Waals surface area contributed by atoms with Crippen molar-refractivity contribution in [2.24, 2.45) is 17.6 Å². The summed E-state index contributed by atoms with van der Waals surface area (Å²) in [7, 11) is 0. The number of hydrogen-bond acceptors (Lipinski definition) is 4. The van der Waals surface area contributed by atoms with E-state index >= 15 is 0 Å². The summed E-state index contributed by atoms with van der Waals surface area (Å²) in [4.78, 5) is 36.9. The summed E-state index contributed by atoms with van der Waals surface area (Å²) in [6.07, 6.45) is 10.6. The van der Waals surface area contributed by atoms with Crippen molar-refractivity contribution in [1.29, 1.82) is 0 Å². The maximum absolute atomic E-state index is 12.0. The van der Waals surface area contributed by atoms with Gasteiger partial charge in [-0.3, -0.25) is 14.4 Å². The van der Waals surface area contributed by atoms with Crippen LogP contribution in [0.3, 0.4) is 0 Å². The Morgan fingerprint density at radius 1 is 0.857 bits per heavy atom. The van der Waals surface area contributed by atoms with E-state index in [0.29, 0.717) is 25.3 Å². The first kappa shape index (κ1) is 22.7. The lowest BCUT2D eigenvalue weighted by molar-refractivity contribution is -0.122. The normalized spacial score (nSPS) is 21.2. The van der Waals surface area contributed by atoms with E-state index in [9.17, 15) is 14.4 Å². The van der Waals surface area contributed by atoms with Gasteiger partial charge in [0.1, 0.15) is 0 Å². The summed E-state index contributed by atoms with van der Waals surface area (Å²) < 4.78 is 0. The maximum atomic E-state index is 12.0. The van der Waals surface area contributed by atoms with E-state index in [1.165, 1.54) is 58.0 Å². The molecule has 7 nitrogen and oxygen atoms in total. The van der Waals surface area contributed by atoms with E-state index in [1.807, 2.05) is 0 Å². The number of carbonyl (C=O) groups is 3. The van der Waals surface area contributed by atoms with Crippen LogP contribution in [-0.2, 0) is 14.4 Å². The molecule has 4 N–H and O–H groups in total. The topological polar surface area (TPSA) is 105 Å². The molecular weight excluding hydrogens is 356 g/mol. The van der Waals surface area contributed by atoms with Crippen LogP contribution in [-0.4, -0.2) is 55.3 Å². The molecule has 28 heavy (non-hydrogen) atoms. The van der Waals surface area contributed by atoms with E-state index in [0.717, 1.165) is 19.0 Å². The molecule has 0 spiro atoms. The Bertz CT molecular complexity index is 506. The first-order chi connectivity index (χ1) is 13.5. The van der Waals surface area contributed by atoms with Gasteiger partial charge in [-0.15, -0.1) is 0 Å². The fourth-order valence-electron chi connectivity index (χ4n) is 4.39. The van der Waals surface area contributed by atoms with Gasteiger partial charge in [-0.05, 0) is 50.5 Å². The molecule has 1 heterocycles. The van der Waals surface area contributed by atoms with Gasteiger partial charge >= 0.3 is 0 Å². The number of hydrogen-bond donors (Lipinski definition) is 3. The van der Waals surface area contributed by atoms with E-state index in [4.69, 9.17) is 5.73 Å². The minimum Gasteiger partial charge on any atom is -0.370 e. The largest absolute Gasteiger partial charge is 0.370 e. The third kappa shape index (κ3) is 9.53. The standard InChI is InChI=1S/C21H38N4O3/c22-19(26)9-4-10-20(27)23-12-11-21(28)24-14-18-8-5-13-25(16-18)15-17-6-2-1-3-7-17/h17-18H,1-16H2,(H2,22,26)(H,23,27)(H,24,28)/t18-/m1/s1. The highest BCUT2D eigenvalue weighted by Gasteiger charge is 2.23. The van der Waals surface area contributed by atoms with Crippen molar-refractivity contribution in [3.63, 3.8) is 0 Å². The molecule has 1 aliphatic carbocycles. The number of nitrogens with two attached hydrogens (primary N) is 1. The zero-order chi connectivity index (χ0) is 20.2. The van der Waals surface area contributed by atoms with Gasteiger partial charge in [-0.25, -0.2) is 0 Å². The number of amides is 3. The Labute approximate surface area is 169 Å². The van der Waals surface area contributed by atoms with Gasteiger partial charge in [0, 0.05) is 45.4 Å².